The lowest BCUT2D eigenvalue weighted by Gasteiger charge is -2.25. The van der Waals surface area contributed by atoms with Crippen LogP contribution in [-0.4, -0.2) is 58.9 Å². The van der Waals surface area contributed by atoms with E-state index in [-0.39, 0.29) is 23.6 Å². The Morgan fingerprint density at radius 1 is 1.40 bits per heavy atom. The SMILES string of the molecule is CC(O)CC1C(C)C(S)=C(C(=O)O)N1C=O.CNC(=O)CCCC=O. The average molecular weight is 374 g/mol. The highest BCUT2D eigenvalue weighted by Gasteiger charge is 2.40. The molecule has 0 aliphatic carbocycles. The second-order valence-corrected chi connectivity index (χ2v) is 6.21. The van der Waals surface area contributed by atoms with Gasteiger partial charge in [-0.2, -0.15) is 0 Å². The van der Waals surface area contributed by atoms with E-state index < -0.39 is 12.1 Å². The third kappa shape index (κ3) is 7.27. The lowest BCUT2D eigenvalue weighted by atomic mass is 9.98. The monoisotopic (exact) mass is 374 g/mol. The van der Waals surface area contributed by atoms with Gasteiger partial charge in [-0.15, -0.1) is 12.6 Å². The highest BCUT2D eigenvalue weighted by atomic mass is 32.1. The van der Waals surface area contributed by atoms with Crippen LogP contribution in [0.25, 0.3) is 0 Å². The molecule has 3 N–H and O–H groups in total. The second kappa shape index (κ2) is 11.6. The molecule has 3 atom stereocenters. The van der Waals surface area contributed by atoms with Gasteiger partial charge in [0.25, 0.3) is 0 Å². The van der Waals surface area contributed by atoms with Crippen molar-refractivity contribution in [3.8, 4) is 0 Å². The lowest BCUT2D eigenvalue weighted by molar-refractivity contribution is -0.137. The Balaban J connectivity index is 0.000000547. The van der Waals surface area contributed by atoms with Gasteiger partial charge in [0.2, 0.25) is 12.3 Å². The van der Waals surface area contributed by atoms with Crippen molar-refractivity contribution in [2.75, 3.05) is 7.05 Å². The number of carbonyl (C=O) groups is 4. The lowest BCUT2D eigenvalue weighted by Crippen LogP contribution is -2.36. The number of nitrogens with zero attached hydrogens (tertiary/aromatic N) is 1. The number of carbonyl (C=O) groups excluding carboxylic acids is 3. The zero-order valence-electron chi connectivity index (χ0n) is 14.6. The molecular formula is C16H26N2O6S. The summed E-state index contributed by atoms with van der Waals surface area (Å²) < 4.78 is 0. The van der Waals surface area contributed by atoms with Crippen molar-refractivity contribution in [1.82, 2.24) is 10.2 Å². The predicted molar refractivity (Wildman–Crippen MR) is 94.8 cm³/mol. The fourth-order valence-corrected chi connectivity index (χ4v) is 2.81. The molecule has 25 heavy (non-hydrogen) atoms. The number of nitrogens with one attached hydrogen (secondary N) is 1. The van der Waals surface area contributed by atoms with Gasteiger partial charge >= 0.3 is 5.97 Å². The third-order valence-electron chi connectivity index (χ3n) is 3.77. The zero-order valence-corrected chi connectivity index (χ0v) is 15.5. The van der Waals surface area contributed by atoms with Gasteiger partial charge in [0.1, 0.15) is 12.0 Å². The fraction of sp³-hybridized carbons (Fsp3) is 0.625. The second-order valence-electron chi connectivity index (χ2n) is 5.72. The average Bonchev–Trinajstić information content (AvgIpc) is 2.79. The van der Waals surface area contributed by atoms with E-state index in [1.807, 2.05) is 0 Å². The van der Waals surface area contributed by atoms with Crippen molar-refractivity contribution in [2.45, 2.75) is 51.7 Å². The summed E-state index contributed by atoms with van der Waals surface area (Å²) in [6, 6.07) is -0.337. The minimum Gasteiger partial charge on any atom is -0.477 e. The number of hydrogen-bond acceptors (Lipinski definition) is 6. The summed E-state index contributed by atoms with van der Waals surface area (Å²) in [6.45, 7) is 3.40. The van der Waals surface area contributed by atoms with Crippen molar-refractivity contribution >= 4 is 37.2 Å². The molecule has 2 amide bonds. The molecule has 0 saturated heterocycles. The number of carboxylic acid groups (broad SMARTS) is 1. The summed E-state index contributed by atoms with van der Waals surface area (Å²) in [5.41, 5.74) is -0.0866. The molecule has 0 radical (unpaired) electrons. The molecule has 3 unspecified atom stereocenters. The van der Waals surface area contributed by atoms with Crippen molar-refractivity contribution in [1.29, 1.82) is 0 Å². The van der Waals surface area contributed by atoms with E-state index in [0.29, 0.717) is 37.0 Å². The molecule has 0 aromatic carbocycles. The predicted octanol–water partition coefficient (Wildman–Crippen LogP) is 0.562. The van der Waals surface area contributed by atoms with Crippen LogP contribution in [0.5, 0.6) is 0 Å². The van der Waals surface area contributed by atoms with Gasteiger partial charge in [-0.3, -0.25) is 9.59 Å². The first-order chi connectivity index (χ1) is 11.7. The van der Waals surface area contributed by atoms with Crippen LogP contribution in [0.4, 0.5) is 0 Å². The first kappa shape index (κ1) is 23.1. The molecule has 1 rings (SSSR count). The Hall–Kier alpha value is -1.87. The molecule has 8 nitrogen and oxygen atoms in total. The van der Waals surface area contributed by atoms with Gasteiger partial charge in [-0.1, -0.05) is 6.92 Å². The Bertz CT molecular complexity index is 521. The van der Waals surface area contributed by atoms with Gasteiger partial charge in [0, 0.05) is 36.8 Å². The number of unbranched alkanes of at least 4 members (excludes halogenated alkanes) is 1. The van der Waals surface area contributed by atoms with Crippen LogP contribution in [0.3, 0.4) is 0 Å². The molecule has 0 saturated carbocycles. The Morgan fingerprint density at radius 2 is 2.00 bits per heavy atom. The maximum atomic E-state index is 11.0. The molecule has 0 aromatic heterocycles. The Kier molecular flexibility index (Phi) is 10.8. The summed E-state index contributed by atoms with van der Waals surface area (Å²) in [4.78, 5) is 43.6. The minimum atomic E-state index is -1.17. The Labute approximate surface area is 152 Å². The number of carboxylic acids is 1. The van der Waals surface area contributed by atoms with Crippen LogP contribution in [0.15, 0.2) is 10.6 Å². The van der Waals surface area contributed by atoms with Crippen molar-refractivity contribution in [3.63, 3.8) is 0 Å². The molecule has 0 spiro atoms. The largest absolute Gasteiger partial charge is 0.477 e. The van der Waals surface area contributed by atoms with E-state index in [2.05, 4.69) is 17.9 Å². The first-order valence-corrected chi connectivity index (χ1v) is 8.38. The Morgan fingerprint density at radius 3 is 2.40 bits per heavy atom. The normalized spacial score (nSPS) is 20.4. The maximum absolute atomic E-state index is 11.0. The zero-order chi connectivity index (χ0) is 19.6. The highest BCUT2D eigenvalue weighted by molar-refractivity contribution is 7.84. The molecule has 9 heteroatoms. The van der Waals surface area contributed by atoms with Crippen LogP contribution in [-0.2, 0) is 19.2 Å². The van der Waals surface area contributed by atoms with Gasteiger partial charge in [0.05, 0.1) is 6.10 Å². The summed E-state index contributed by atoms with van der Waals surface area (Å²) in [5.74, 6) is -1.34. The van der Waals surface area contributed by atoms with Crippen LogP contribution >= 0.6 is 12.6 Å². The number of aliphatic carboxylic acids is 1. The first-order valence-electron chi connectivity index (χ1n) is 7.93. The quantitative estimate of drug-likeness (QED) is 0.280. The number of aliphatic hydroxyl groups is 1. The number of aliphatic hydroxyl groups excluding tert-OH is 1. The van der Waals surface area contributed by atoms with E-state index >= 15 is 0 Å². The van der Waals surface area contributed by atoms with Gasteiger partial charge < -0.3 is 25.2 Å². The van der Waals surface area contributed by atoms with Crippen molar-refractivity contribution in [3.05, 3.63) is 10.6 Å². The van der Waals surface area contributed by atoms with Gasteiger partial charge in [-0.25, -0.2) is 4.79 Å². The van der Waals surface area contributed by atoms with Gasteiger partial charge in [-0.05, 0) is 19.8 Å². The summed E-state index contributed by atoms with van der Waals surface area (Å²) in [6.07, 6.45) is 2.63. The van der Waals surface area contributed by atoms with Crippen LogP contribution in [0.2, 0.25) is 0 Å². The molecule has 1 aliphatic rings. The maximum Gasteiger partial charge on any atom is 0.353 e. The molecule has 142 valence electrons. The number of hydrogen-bond donors (Lipinski definition) is 4. The molecule has 0 bridgehead atoms. The molecule has 0 aromatic rings. The molecular weight excluding hydrogens is 348 g/mol. The van der Waals surface area contributed by atoms with Crippen LogP contribution in [0.1, 0.15) is 39.5 Å². The van der Waals surface area contributed by atoms with E-state index in [1.165, 1.54) is 0 Å². The summed E-state index contributed by atoms with van der Waals surface area (Å²) in [7, 11) is 1.59. The summed E-state index contributed by atoms with van der Waals surface area (Å²) in [5, 5.41) is 20.8. The molecule has 1 heterocycles. The number of aldehydes is 1. The number of rotatable bonds is 8. The van der Waals surface area contributed by atoms with Crippen LogP contribution in [0, 0.1) is 5.92 Å². The number of thiol groups is 1. The van der Waals surface area contributed by atoms with Crippen molar-refractivity contribution in [2.24, 2.45) is 5.92 Å². The molecule has 0 fully saturated rings. The van der Waals surface area contributed by atoms with Gasteiger partial charge in [0.15, 0.2) is 0 Å². The van der Waals surface area contributed by atoms with Crippen molar-refractivity contribution < 1.29 is 29.4 Å². The van der Waals surface area contributed by atoms with E-state index in [4.69, 9.17) is 5.11 Å². The fourth-order valence-electron chi connectivity index (χ4n) is 2.43. The van der Waals surface area contributed by atoms with E-state index in [9.17, 15) is 24.3 Å². The smallest absolute Gasteiger partial charge is 0.353 e. The topological polar surface area (TPSA) is 124 Å². The van der Waals surface area contributed by atoms with E-state index in [1.54, 1.807) is 20.9 Å². The third-order valence-corrected chi connectivity index (χ3v) is 4.39. The number of amides is 2. The standard InChI is InChI=1S/C10H15NO4S.C6H11NO2/c1-5(13)3-7-6(2)9(16)8(10(14)15)11(7)4-12;1-7-6(9)4-2-3-5-8/h4-7,13,16H,3H2,1-2H3,(H,14,15);5H,2-4H2,1H3,(H,7,9). The summed E-state index contributed by atoms with van der Waals surface area (Å²) >= 11 is 4.13. The molecule has 1 aliphatic heterocycles. The highest BCUT2D eigenvalue weighted by Crippen LogP contribution is 2.37. The van der Waals surface area contributed by atoms with E-state index in [0.717, 1.165) is 11.2 Å². The minimum absolute atomic E-state index is 0.00292. The van der Waals surface area contributed by atoms with Crippen LogP contribution < -0.4 is 5.32 Å².